The van der Waals surface area contributed by atoms with Crippen LogP contribution < -0.4 is 10.1 Å². The quantitative estimate of drug-likeness (QED) is 0.831. The predicted molar refractivity (Wildman–Crippen MR) is 85.4 cm³/mol. The first kappa shape index (κ1) is 16.2. The molecule has 0 amide bonds. The number of hydrogen-bond donors (Lipinski definition) is 1. The van der Waals surface area contributed by atoms with Crippen LogP contribution in [0.2, 0.25) is 0 Å². The van der Waals surface area contributed by atoms with Gasteiger partial charge in [-0.1, -0.05) is 39.0 Å². The number of hydrogen-bond acceptors (Lipinski definition) is 4. The molecule has 1 N–H and O–H groups in total. The van der Waals surface area contributed by atoms with Crippen molar-refractivity contribution in [1.82, 2.24) is 15.3 Å². The first-order valence-electron chi connectivity index (χ1n) is 8.32. The molecule has 0 spiro atoms. The van der Waals surface area contributed by atoms with Crippen LogP contribution in [0.15, 0.2) is 12.4 Å². The van der Waals surface area contributed by atoms with Crippen molar-refractivity contribution < 1.29 is 4.74 Å². The summed E-state index contributed by atoms with van der Waals surface area (Å²) < 4.78 is 5.38. The molecule has 0 radical (unpaired) electrons. The van der Waals surface area contributed by atoms with Crippen LogP contribution in [-0.2, 0) is 0 Å². The number of aromatic nitrogens is 2. The zero-order valence-electron chi connectivity index (χ0n) is 13.6. The van der Waals surface area contributed by atoms with Crippen molar-refractivity contribution in [2.45, 2.75) is 57.9 Å². The number of methoxy groups -OCH3 is 1. The SMILES string of the molecule is CCCCC1CCC(C(NC)c2nccnc2OC)CC1. The average molecular weight is 291 g/mol. The number of nitrogens with zero attached hydrogens (tertiary/aromatic N) is 2. The van der Waals surface area contributed by atoms with Crippen molar-refractivity contribution >= 4 is 0 Å². The largest absolute Gasteiger partial charge is 0.480 e. The Bertz CT molecular complexity index is 416. The van der Waals surface area contributed by atoms with E-state index in [1.807, 2.05) is 7.05 Å². The van der Waals surface area contributed by atoms with Gasteiger partial charge in [0.25, 0.3) is 0 Å². The molecule has 1 saturated carbocycles. The van der Waals surface area contributed by atoms with Gasteiger partial charge >= 0.3 is 0 Å². The third-order valence-electron chi connectivity index (χ3n) is 4.82. The van der Waals surface area contributed by atoms with Gasteiger partial charge in [0, 0.05) is 12.4 Å². The van der Waals surface area contributed by atoms with Gasteiger partial charge in [-0.25, -0.2) is 4.98 Å². The van der Waals surface area contributed by atoms with Gasteiger partial charge in [0.2, 0.25) is 5.88 Å². The van der Waals surface area contributed by atoms with Crippen molar-refractivity contribution in [3.63, 3.8) is 0 Å². The summed E-state index contributed by atoms with van der Waals surface area (Å²) in [7, 11) is 3.68. The average Bonchev–Trinajstić information content (AvgIpc) is 2.55. The molecule has 1 aromatic rings. The summed E-state index contributed by atoms with van der Waals surface area (Å²) in [4.78, 5) is 8.81. The Kier molecular flexibility index (Phi) is 6.43. The molecule has 1 aromatic heterocycles. The maximum atomic E-state index is 5.38. The minimum Gasteiger partial charge on any atom is -0.480 e. The highest BCUT2D eigenvalue weighted by Crippen LogP contribution is 2.39. The number of ether oxygens (including phenoxy) is 1. The molecule has 4 nitrogen and oxygen atoms in total. The van der Waals surface area contributed by atoms with Gasteiger partial charge in [0.05, 0.1) is 13.2 Å². The van der Waals surface area contributed by atoms with Gasteiger partial charge in [-0.3, -0.25) is 4.98 Å². The molecule has 1 fully saturated rings. The van der Waals surface area contributed by atoms with Crippen molar-refractivity contribution in [2.24, 2.45) is 11.8 Å². The van der Waals surface area contributed by atoms with Gasteiger partial charge in [-0.05, 0) is 31.7 Å². The van der Waals surface area contributed by atoms with Gasteiger partial charge in [-0.15, -0.1) is 0 Å². The van der Waals surface area contributed by atoms with E-state index < -0.39 is 0 Å². The van der Waals surface area contributed by atoms with Crippen LogP contribution in [0.4, 0.5) is 0 Å². The van der Waals surface area contributed by atoms with Crippen LogP contribution in [0.25, 0.3) is 0 Å². The lowest BCUT2D eigenvalue weighted by Crippen LogP contribution is -2.30. The van der Waals surface area contributed by atoms with E-state index >= 15 is 0 Å². The fourth-order valence-electron chi connectivity index (χ4n) is 3.61. The summed E-state index contributed by atoms with van der Waals surface area (Å²) >= 11 is 0. The zero-order valence-corrected chi connectivity index (χ0v) is 13.6. The summed E-state index contributed by atoms with van der Waals surface area (Å²) in [6.45, 7) is 2.28. The second-order valence-electron chi connectivity index (χ2n) is 6.14. The summed E-state index contributed by atoms with van der Waals surface area (Å²) in [5.41, 5.74) is 0.958. The summed E-state index contributed by atoms with van der Waals surface area (Å²) in [6.07, 6.45) is 12.8. The molecule has 1 unspecified atom stereocenters. The molecule has 0 saturated heterocycles. The standard InChI is InChI=1S/C17H29N3O/c1-4-5-6-13-7-9-14(10-8-13)15(18-2)16-17(21-3)20-12-11-19-16/h11-15,18H,4-10H2,1-3H3. The normalized spacial score (nSPS) is 23.8. The van der Waals surface area contributed by atoms with Gasteiger partial charge in [0.15, 0.2) is 0 Å². The van der Waals surface area contributed by atoms with E-state index in [0.29, 0.717) is 11.8 Å². The molecule has 0 aromatic carbocycles. The zero-order chi connectivity index (χ0) is 15.1. The summed E-state index contributed by atoms with van der Waals surface area (Å²) in [6, 6.07) is 0.251. The Hall–Kier alpha value is -1.16. The molecule has 1 aliphatic carbocycles. The molecule has 4 heteroatoms. The van der Waals surface area contributed by atoms with E-state index in [-0.39, 0.29) is 6.04 Å². The highest BCUT2D eigenvalue weighted by molar-refractivity contribution is 5.22. The Morgan fingerprint density at radius 1 is 1.24 bits per heavy atom. The lowest BCUT2D eigenvalue weighted by atomic mass is 9.76. The molecule has 21 heavy (non-hydrogen) atoms. The van der Waals surface area contributed by atoms with E-state index in [2.05, 4.69) is 22.2 Å². The molecule has 0 bridgehead atoms. The smallest absolute Gasteiger partial charge is 0.237 e. The molecule has 1 aliphatic rings. The van der Waals surface area contributed by atoms with E-state index in [4.69, 9.17) is 4.74 Å². The number of nitrogens with one attached hydrogen (secondary N) is 1. The summed E-state index contributed by atoms with van der Waals surface area (Å²) in [5.74, 6) is 2.23. The van der Waals surface area contributed by atoms with E-state index in [1.54, 1.807) is 19.5 Å². The number of rotatable bonds is 7. The Labute approximate surface area is 128 Å². The molecule has 2 rings (SSSR count). The first-order chi connectivity index (χ1) is 10.3. The summed E-state index contributed by atoms with van der Waals surface area (Å²) in [5, 5.41) is 3.44. The van der Waals surface area contributed by atoms with Gasteiger partial charge < -0.3 is 10.1 Å². The van der Waals surface area contributed by atoms with E-state index in [1.165, 1.54) is 44.9 Å². The third kappa shape index (κ3) is 4.16. The van der Waals surface area contributed by atoms with Crippen LogP contribution >= 0.6 is 0 Å². The number of unbranched alkanes of at least 4 members (excludes halogenated alkanes) is 1. The highest BCUT2D eigenvalue weighted by Gasteiger charge is 2.30. The molecule has 1 atom stereocenters. The van der Waals surface area contributed by atoms with Crippen molar-refractivity contribution in [3.8, 4) is 5.88 Å². The van der Waals surface area contributed by atoms with Gasteiger partial charge in [-0.2, -0.15) is 0 Å². The lowest BCUT2D eigenvalue weighted by molar-refractivity contribution is 0.212. The van der Waals surface area contributed by atoms with Crippen molar-refractivity contribution in [2.75, 3.05) is 14.2 Å². The molecular formula is C17H29N3O. The Morgan fingerprint density at radius 3 is 2.57 bits per heavy atom. The van der Waals surface area contributed by atoms with E-state index in [0.717, 1.165) is 11.6 Å². The van der Waals surface area contributed by atoms with Crippen LogP contribution in [0, 0.1) is 11.8 Å². The Morgan fingerprint density at radius 2 is 1.95 bits per heavy atom. The highest BCUT2D eigenvalue weighted by atomic mass is 16.5. The van der Waals surface area contributed by atoms with Gasteiger partial charge in [0.1, 0.15) is 5.69 Å². The fraction of sp³-hybridized carbons (Fsp3) is 0.765. The minimum absolute atomic E-state index is 0.251. The van der Waals surface area contributed by atoms with Crippen LogP contribution in [0.3, 0.4) is 0 Å². The third-order valence-corrected chi connectivity index (χ3v) is 4.82. The minimum atomic E-state index is 0.251. The topological polar surface area (TPSA) is 47.0 Å². The monoisotopic (exact) mass is 291 g/mol. The van der Waals surface area contributed by atoms with E-state index in [9.17, 15) is 0 Å². The first-order valence-corrected chi connectivity index (χ1v) is 8.32. The van der Waals surface area contributed by atoms with Crippen molar-refractivity contribution in [3.05, 3.63) is 18.1 Å². The predicted octanol–water partition coefficient (Wildman–Crippen LogP) is 3.74. The van der Waals surface area contributed by atoms with Crippen LogP contribution in [0.1, 0.15) is 63.6 Å². The molecular weight excluding hydrogens is 262 g/mol. The van der Waals surface area contributed by atoms with Crippen LogP contribution in [0.5, 0.6) is 5.88 Å². The van der Waals surface area contributed by atoms with Crippen molar-refractivity contribution in [1.29, 1.82) is 0 Å². The fourth-order valence-corrected chi connectivity index (χ4v) is 3.61. The Balaban J connectivity index is 1.99. The maximum Gasteiger partial charge on any atom is 0.237 e. The second-order valence-corrected chi connectivity index (χ2v) is 6.14. The lowest BCUT2D eigenvalue weighted by Gasteiger charge is -2.33. The molecule has 0 aliphatic heterocycles. The van der Waals surface area contributed by atoms with Crippen LogP contribution in [-0.4, -0.2) is 24.1 Å². The maximum absolute atomic E-state index is 5.38. The molecule has 1 heterocycles. The molecule has 118 valence electrons. The second kappa shape index (κ2) is 8.32.